The lowest BCUT2D eigenvalue weighted by Crippen LogP contribution is -2.10. The molecule has 2 aromatic rings. The Morgan fingerprint density at radius 1 is 1.45 bits per heavy atom. The van der Waals surface area contributed by atoms with Crippen LogP contribution in [0.5, 0.6) is 0 Å². The molecule has 0 fully saturated rings. The first-order valence-electron chi connectivity index (χ1n) is 6.01. The van der Waals surface area contributed by atoms with E-state index in [0.717, 1.165) is 0 Å². The van der Waals surface area contributed by atoms with Crippen LogP contribution >= 0.6 is 0 Å². The van der Waals surface area contributed by atoms with E-state index in [1.54, 1.807) is 31.2 Å². The van der Waals surface area contributed by atoms with Crippen LogP contribution < -0.4 is 10.6 Å². The predicted molar refractivity (Wildman–Crippen MR) is 73.6 cm³/mol. The highest BCUT2D eigenvalue weighted by Crippen LogP contribution is 2.23. The van der Waals surface area contributed by atoms with Gasteiger partial charge >= 0.3 is 5.69 Å². The van der Waals surface area contributed by atoms with Crippen LogP contribution in [0.3, 0.4) is 0 Å². The van der Waals surface area contributed by atoms with Crippen LogP contribution in [0.25, 0.3) is 0 Å². The molecule has 0 aromatic carbocycles. The van der Waals surface area contributed by atoms with Crippen molar-refractivity contribution in [1.82, 2.24) is 19.7 Å². The van der Waals surface area contributed by atoms with Crippen LogP contribution in [0.15, 0.2) is 18.5 Å². The fourth-order valence-electron chi connectivity index (χ4n) is 1.66. The number of aromatic nitrogens is 4. The number of pyridine rings is 1. The number of nitrogens with zero attached hydrogens (tertiary/aromatic N) is 5. The second-order valence-electron chi connectivity index (χ2n) is 4.08. The first-order valence-corrected chi connectivity index (χ1v) is 6.01. The van der Waals surface area contributed by atoms with E-state index in [-0.39, 0.29) is 11.5 Å². The standard InChI is InChI=1S/C11H15N7O2/c1-12-9-4-3-8(18(19)20)11(15-9)13-6-5-10-14-7-17(2)16-10/h3-4,7H,5-6H2,1-2H3,(H2,12,13,15). The normalized spacial score (nSPS) is 10.3. The summed E-state index contributed by atoms with van der Waals surface area (Å²) in [7, 11) is 3.49. The number of rotatable bonds is 6. The molecular weight excluding hydrogens is 262 g/mol. The minimum Gasteiger partial charge on any atom is -0.373 e. The summed E-state index contributed by atoms with van der Waals surface area (Å²) in [5, 5.41) is 20.9. The molecule has 0 unspecified atom stereocenters. The van der Waals surface area contributed by atoms with E-state index in [1.807, 2.05) is 0 Å². The molecule has 9 nitrogen and oxygen atoms in total. The Hall–Kier alpha value is -2.71. The van der Waals surface area contributed by atoms with Crippen molar-refractivity contribution in [3.05, 3.63) is 34.4 Å². The summed E-state index contributed by atoms with van der Waals surface area (Å²) in [6.07, 6.45) is 2.17. The Morgan fingerprint density at radius 3 is 2.85 bits per heavy atom. The van der Waals surface area contributed by atoms with Gasteiger partial charge in [-0.2, -0.15) is 5.10 Å². The van der Waals surface area contributed by atoms with Crippen LogP contribution in [0.4, 0.5) is 17.3 Å². The lowest BCUT2D eigenvalue weighted by Gasteiger charge is -2.07. The molecule has 0 amide bonds. The molecule has 0 aliphatic carbocycles. The molecule has 2 N–H and O–H groups in total. The molecule has 2 aromatic heterocycles. The first-order chi connectivity index (χ1) is 9.60. The molecule has 20 heavy (non-hydrogen) atoms. The third-order valence-electron chi connectivity index (χ3n) is 2.61. The highest BCUT2D eigenvalue weighted by atomic mass is 16.6. The summed E-state index contributed by atoms with van der Waals surface area (Å²) in [5.41, 5.74) is -0.0574. The maximum atomic E-state index is 10.9. The van der Waals surface area contributed by atoms with Crippen LogP contribution in [-0.2, 0) is 13.5 Å². The van der Waals surface area contributed by atoms with Crippen molar-refractivity contribution in [2.75, 3.05) is 24.2 Å². The molecule has 0 bridgehead atoms. The van der Waals surface area contributed by atoms with E-state index in [2.05, 4.69) is 25.7 Å². The van der Waals surface area contributed by atoms with E-state index >= 15 is 0 Å². The van der Waals surface area contributed by atoms with E-state index < -0.39 is 4.92 Å². The first kappa shape index (κ1) is 13.7. The third kappa shape index (κ3) is 3.19. The molecule has 106 valence electrons. The quantitative estimate of drug-likeness (QED) is 0.593. The lowest BCUT2D eigenvalue weighted by molar-refractivity contribution is -0.384. The number of hydrogen-bond acceptors (Lipinski definition) is 7. The zero-order chi connectivity index (χ0) is 14.5. The number of anilines is 2. The van der Waals surface area contributed by atoms with Gasteiger partial charge in [0.05, 0.1) is 4.92 Å². The van der Waals surface area contributed by atoms with Crippen LogP contribution in [0, 0.1) is 10.1 Å². The molecule has 0 aliphatic rings. The Bertz CT molecular complexity index is 611. The zero-order valence-electron chi connectivity index (χ0n) is 11.2. The van der Waals surface area contributed by atoms with Crippen LogP contribution in [-0.4, -0.2) is 38.3 Å². The lowest BCUT2D eigenvalue weighted by atomic mass is 10.3. The topological polar surface area (TPSA) is 111 Å². The highest BCUT2D eigenvalue weighted by molar-refractivity contribution is 5.60. The molecule has 2 heterocycles. The summed E-state index contributed by atoms with van der Waals surface area (Å²) in [5.74, 6) is 1.47. The van der Waals surface area contributed by atoms with Crippen LogP contribution in [0.1, 0.15) is 5.82 Å². The minimum absolute atomic E-state index is 0.0574. The number of aryl methyl sites for hydroxylation is 1. The van der Waals surface area contributed by atoms with Gasteiger partial charge in [0, 0.05) is 33.1 Å². The Labute approximate surface area is 115 Å². The molecule has 0 atom stereocenters. The predicted octanol–water partition coefficient (Wildman–Crippen LogP) is 0.815. The average molecular weight is 277 g/mol. The molecule has 0 saturated carbocycles. The van der Waals surface area contributed by atoms with Crippen molar-refractivity contribution >= 4 is 17.3 Å². The van der Waals surface area contributed by atoms with Crippen molar-refractivity contribution < 1.29 is 4.92 Å². The smallest absolute Gasteiger partial charge is 0.311 e. The van der Waals surface area contributed by atoms with E-state index in [0.29, 0.717) is 24.6 Å². The molecule has 9 heteroatoms. The Morgan fingerprint density at radius 2 is 2.25 bits per heavy atom. The Kier molecular flexibility index (Phi) is 4.08. The summed E-state index contributed by atoms with van der Waals surface area (Å²) < 4.78 is 1.61. The summed E-state index contributed by atoms with van der Waals surface area (Å²) >= 11 is 0. The third-order valence-corrected chi connectivity index (χ3v) is 2.61. The molecule has 0 aliphatic heterocycles. The molecule has 0 saturated heterocycles. The second kappa shape index (κ2) is 5.95. The van der Waals surface area contributed by atoms with Crippen molar-refractivity contribution in [3.63, 3.8) is 0 Å². The van der Waals surface area contributed by atoms with E-state index in [1.165, 1.54) is 6.07 Å². The van der Waals surface area contributed by atoms with Gasteiger partial charge in [-0.25, -0.2) is 9.97 Å². The van der Waals surface area contributed by atoms with Crippen molar-refractivity contribution in [3.8, 4) is 0 Å². The maximum absolute atomic E-state index is 10.9. The maximum Gasteiger partial charge on any atom is 0.311 e. The number of hydrogen-bond donors (Lipinski definition) is 2. The van der Waals surface area contributed by atoms with Crippen molar-refractivity contribution in [2.45, 2.75) is 6.42 Å². The van der Waals surface area contributed by atoms with Gasteiger partial charge in [-0.1, -0.05) is 0 Å². The summed E-state index contributed by atoms with van der Waals surface area (Å²) in [6.45, 7) is 0.463. The van der Waals surface area contributed by atoms with E-state index in [4.69, 9.17) is 0 Å². The summed E-state index contributed by atoms with van der Waals surface area (Å²) in [4.78, 5) is 18.7. The molecule has 0 radical (unpaired) electrons. The van der Waals surface area contributed by atoms with Gasteiger partial charge in [-0.3, -0.25) is 14.8 Å². The van der Waals surface area contributed by atoms with Crippen molar-refractivity contribution in [1.29, 1.82) is 0 Å². The van der Waals surface area contributed by atoms with Gasteiger partial charge in [0.1, 0.15) is 12.1 Å². The van der Waals surface area contributed by atoms with Gasteiger partial charge in [-0.15, -0.1) is 0 Å². The van der Waals surface area contributed by atoms with Gasteiger partial charge in [0.2, 0.25) is 5.82 Å². The average Bonchev–Trinajstić information content (AvgIpc) is 2.84. The van der Waals surface area contributed by atoms with Crippen LogP contribution in [0.2, 0.25) is 0 Å². The highest BCUT2D eigenvalue weighted by Gasteiger charge is 2.15. The van der Waals surface area contributed by atoms with Crippen molar-refractivity contribution in [2.24, 2.45) is 7.05 Å². The molecule has 2 rings (SSSR count). The number of nitro groups is 1. The number of nitrogens with one attached hydrogen (secondary N) is 2. The fourth-order valence-corrected chi connectivity index (χ4v) is 1.66. The molecular formula is C11H15N7O2. The van der Waals surface area contributed by atoms with Gasteiger partial charge in [-0.05, 0) is 6.07 Å². The second-order valence-corrected chi connectivity index (χ2v) is 4.08. The Balaban J connectivity index is 2.05. The monoisotopic (exact) mass is 277 g/mol. The van der Waals surface area contributed by atoms with Gasteiger partial charge in [0.25, 0.3) is 0 Å². The fraction of sp³-hybridized carbons (Fsp3) is 0.364. The summed E-state index contributed by atoms with van der Waals surface area (Å²) in [6, 6.07) is 2.98. The zero-order valence-corrected chi connectivity index (χ0v) is 11.2. The largest absolute Gasteiger partial charge is 0.373 e. The SMILES string of the molecule is CNc1ccc([N+](=O)[O-])c(NCCc2ncn(C)n2)n1. The van der Waals surface area contributed by atoms with Gasteiger partial charge < -0.3 is 10.6 Å². The molecule has 0 spiro atoms. The van der Waals surface area contributed by atoms with Gasteiger partial charge in [0.15, 0.2) is 5.82 Å². The minimum atomic E-state index is -0.464. The van der Waals surface area contributed by atoms with E-state index in [9.17, 15) is 10.1 Å².